The Kier molecular flexibility index (Phi) is 3.48. The third kappa shape index (κ3) is 2.37. The molecule has 0 aliphatic heterocycles. The second-order valence-corrected chi connectivity index (χ2v) is 4.91. The maximum atomic E-state index is 12.9. The number of halogens is 4. The number of hydrogen-bond acceptors (Lipinski definition) is 4. The fourth-order valence-corrected chi connectivity index (χ4v) is 2.48. The number of benzene rings is 1. The van der Waals surface area contributed by atoms with Gasteiger partial charge in [-0.1, -0.05) is 11.6 Å². The van der Waals surface area contributed by atoms with Gasteiger partial charge in [0, 0.05) is 14.1 Å². The van der Waals surface area contributed by atoms with Crippen LogP contribution >= 0.6 is 11.6 Å². The van der Waals surface area contributed by atoms with Crippen molar-refractivity contribution in [1.82, 2.24) is 9.66 Å². The molecule has 0 aliphatic carbocycles. The minimum absolute atomic E-state index is 0.0690. The number of nitro groups is 1. The van der Waals surface area contributed by atoms with E-state index in [1.807, 2.05) is 0 Å². The van der Waals surface area contributed by atoms with Crippen molar-refractivity contribution in [2.45, 2.75) is 13.1 Å². The quantitative estimate of drug-likeness (QED) is 0.629. The lowest BCUT2D eigenvalue weighted by molar-refractivity contribution is -0.383. The lowest BCUT2D eigenvalue weighted by Gasteiger charge is -2.17. The van der Waals surface area contributed by atoms with Crippen LogP contribution in [0.3, 0.4) is 0 Å². The first-order valence-corrected chi connectivity index (χ1v) is 6.04. The molecule has 1 aromatic carbocycles. The molecule has 0 atom stereocenters. The van der Waals surface area contributed by atoms with Crippen LogP contribution in [-0.4, -0.2) is 28.7 Å². The van der Waals surface area contributed by atoms with E-state index in [0.717, 1.165) is 6.07 Å². The van der Waals surface area contributed by atoms with Gasteiger partial charge in [-0.05, 0) is 13.0 Å². The van der Waals surface area contributed by atoms with Crippen LogP contribution in [0.25, 0.3) is 11.0 Å². The normalized spacial score (nSPS) is 12.0. The molecule has 0 fully saturated rings. The summed E-state index contributed by atoms with van der Waals surface area (Å²) in [6.45, 7) is 1.53. The van der Waals surface area contributed by atoms with Crippen LogP contribution in [0.5, 0.6) is 0 Å². The number of aryl methyl sites for hydroxylation is 1. The van der Waals surface area contributed by atoms with E-state index in [9.17, 15) is 23.3 Å². The number of rotatable bonds is 2. The van der Waals surface area contributed by atoms with Gasteiger partial charge in [-0.3, -0.25) is 10.1 Å². The molecule has 0 N–H and O–H groups in total. The van der Waals surface area contributed by atoms with Gasteiger partial charge >= 0.3 is 11.9 Å². The number of aromatic nitrogens is 2. The van der Waals surface area contributed by atoms with Crippen LogP contribution in [0.4, 0.5) is 18.9 Å². The van der Waals surface area contributed by atoms with E-state index < -0.39 is 27.4 Å². The Labute approximate surface area is 121 Å². The Hall–Kier alpha value is -2.03. The molecule has 1 aromatic heterocycles. The summed E-state index contributed by atoms with van der Waals surface area (Å²) < 4.78 is 40.1. The van der Waals surface area contributed by atoms with Gasteiger partial charge in [0.05, 0.1) is 16.0 Å². The number of hydrogen-bond donors (Lipinski definition) is 0. The monoisotopic (exact) mass is 322 g/mol. The third-order valence-corrected chi connectivity index (χ3v) is 3.26. The summed E-state index contributed by atoms with van der Waals surface area (Å²) in [7, 11) is 3.17. The fraction of sp³-hybridized carbons (Fsp3) is 0.364. The third-order valence-electron chi connectivity index (χ3n) is 2.88. The van der Waals surface area contributed by atoms with E-state index in [1.54, 1.807) is 14.1 Å². The summed E-state index contributed by atoms with van der Waals surface area (Å²) in [6.07, 6.45) is -4.80. The minimum Gasteiger partial charge on any atom is -0.317 e. The zero-order chi connectivity index (χ0) is 16.1. The predicted molar refractivity (Wildman–Crippen MR) is 71.2 cm³/mol. The van der Waals surface area contributed by atoms with Gasteiger partial charge in [0.2, 0.25) is 0 Å². The zero-order valence-corrected chi connectivity index (χ0v) is 12.0. The molecule has 0 radical (unpaired) electrons. The molecular formula is C11H10ClF3N4O2. The molecule has 0 saturated carbocycles. The average molecular weight is 323 g/mol. The molecule has 0 unspecified atom stereocenters. The van der Waals surface area contributed by atoms with Crippen molar-refractivity contribution in [2.24, 2.45) is 0 Å². The second kappa shape index (κ2) is 4.76. The van der Waals surface area contributed by atoms with Crippen molar-refractivity contribution in [3.05, 3.63) is 32.6 Å². The van der Waals surface area contributed by atoms with Gasteiger partial charge in [0.15, 0.2) is 5.52 Å². The van der Waals surface area contributed by atoms with Crippen LogP contribution in [0, 0.1) is 17.0 Å². The summed E-state index contributed by atoms with van der Waals surface area (Å²) in [6, 6.07) is 0.720. The average Bonchev–Trinajstić information content (AvgIpc) is 2.61. The highest BCUT2D eigenvalue weighted by Crippen LogP contribution is 2.43. The van der Waals surface area contributed by atoms with Crippen molar-refractivity contribution in [1.29, 1.82) is 0 Å². The summed E-state index contributed by atoms with van der Waals surface area (Å²) in [5.41, 5.74) is -2.28. The highest BCUT2D eigenvalue weighted by atomic mass is 35.5. The second-order valence-electron chi connectivity index (χ2n) is 4.53. The first kappa shape index (κ1) is 15.4. The molecule has 2 rings (SSSR count). The largest absolute Gasteiger partial charge is 0.418 e. The molecule has 0 saturated heterocycles. The molecule has 10 heteroatoms. The van der Waals surface area contributed by atoms with Crippen LogP contribution in [0.15, 0.2) is 6.07 Å². The molecule has 1 heterocycles. The van der Waals surface area contributed by atoms with Crippen molar-refractivity contribution in [3.8, 4) is 0 Å². The molecule has 0 bridgehead atoms. The van der Waals surface area contributed by atoms with Crippen molar-refractivity contribution >= 4 is 28.3 Å². The van der Waals surface area contributed by atoms with Crippen LogP contribution in [-0.2, 0) is 6.18 Å². The van der Waals surface area contributed by atoms with Gasteiger partial charge < -0.3 is 5.01 Å². The summed E-state index contributed by atoms with van der Waals surface area (Å²) >= 11 is 5.63. The van der Waals surface area contributed by atoms with E-state index in [4.69, 9.17) is 11.6 Å². The molecule has 0 spiro atoms. The van der Waals surface area contributed by atoms with Gasteiger partial charge in [-0.2, -0.15) is 13.2 Å². The van der Waals surface area contributed by atoms with E-state index in [0.29, 0.717) is 5.82 Å². The molecule has 6 nitrogen and oxygen atoms in total. The van der Waals surface area contributed by atoms with Crippen LogP contribution < -0.4 is 5.01 Å². The van der Waals surface area contributed by atoms with Gasteiger partial charge in [-0.15, -0.1) is 0 Å². The molecule has 21 heavy (non-hydrogen) atoms. The van der Waals surface area contributed by atoms with Crippen molar-refractivity contribution in [2.75, 3.05) is 19.1 Å². The topological polar surface area (TPSA) is 64.2 Å². The number of nitro benzene ring substituents is 1. The van der Waals surface area contributed by atoms with Crippen molar-refractivity contribution < 1.29 is 18.1 Å². The lowest BCUT2D eigenvalue weighted by Crippen LogP contribution is -2.26. The van der Waals surface area contributed by atoms with E-state index in [-0.39, 0.29) is 11.0 Å². The maximum Gasteiger partial charge on any atom is 0.418 e. The Morgan fingerprint density at radius 1 is 1.43 bits per heavy atom. The maximum absolute atomic E-state index is 12.9. The standard InChI is InChI=1S/C11H10ClF3N4O2/c1-5-16-7-4-6(11(13,14)15)8(12)10(19(20)21)9(7)18(5)17(2)3/h4H,1-3H3. The number of alkyl halides is 3. The minimum atomic E-state index is -4.80. The molecule has 0 amide bonds. The fourth-order valence-electron chi connectivity index (χ4n) is 2.16. The number of fused-ring (bicyclic) bond motifs is 1. The SMILES string of the molecule is Cc1nc2cc(C(F)(F)F)c(Cl)c([N+](=O)[O-])c2n1N(C)C. The first-order valence-electron chi connectivity index (χ1n) is 5.66. The van der Waals surface area contributed by atoms with Crippen LogP contribution in [0.1, 0.15) is 11.4 Å². The predicted octanol–water partition coefficient (Wildman–Crippen LogP) is 3.12. The molecule has 114 valence electrons. The Bertz CT molecular complexity index is 739. The molecule has 0 aliphatic rings. The van der Waals surface area contributed by atoms with Gasteiger partial charge in [-0.25, -0.2) is 9.66 Å². The number of nitrogens with zero attached hydrogens (tertiary/aromatic N) is 4. The van der Waals surface area contributed by atoms with Gasteiger partial charge in [0.25, 0.3) is 0 Å². The first-order chi connectivity index (χ1) is 9.55. The summed E-state index contributed by atoms with van der Waals surface area (Å²) in [5, 5.41) is 11.7. The number of imidazole rings is 1. The van der Waals surface area contributed by atoms with E-state index in [1.165, 1.54) is 16.6 Å². The van der Waals surface area contributed by atoms with Crippen LogP contribution in [0.2, 0.25) is 5.02 Å². The Morgan fingerprint density at radius 2 is 2.00 bits per heavy atom. The van der Waals surface area contributed by atoms with Crippen molar-refractivity contribution in [3.63, 3.8) is 0 Å². The molecule has 2 aromatic rings. The Balaban J connectivity index is 3.01. The van der Waals surface area contributed by atoms with E-state index in [2.05, 4.69) is 4.98 Å². The highest BCUT2D eigenvalue weighted by Gasteiger charge is 2.39. The zero-order valence-electron chi connectivity index (χ0n) is 11.2. The van der Waals surface area contributed by atoms with Gasteiger partial charge in [0.1, 0.15) is 10.8 Å². The lowest BCUT2D eigenvalue weighted by atomic mass is 10.1. The Morgan fingerprint density at radius 3 is 2.43 bits per heavy atom. The van der Waals surface area contributed by atoms with E-state index >= 15 is 0 Å². The smallest absolute Gasteiger partial charge is 0.317 e. The molecular weight excluding hydrogens is 313 g/mol. The summed E-state index contributed by atoms with van der Waals surface area (Å²) in [5.74, 6) is 0.313. The summed E-state index contributed by atoms with van der Waals surface area (Å²) in [4.78, 5) is 14.2. The highest BCUT2D eigenvalue weighted by molar-refractivity contribution is 6.34.